The molecule has 2 heterocycles. The van der Waals surface area contributed by atoms with Gasteiger partial charge in [-0.05, 0) is 100 Å². The normalized spacial score (nSPS) is 17.3. The van der Waals surface area contributed by atoms with E-state index in [2.05, 4.69) is 4.72 Å². The van der Waals surface area contributed by atoms with Gasteiger partial charge in [0.1, 0.15) is 0 Å². The van der Waals surface area contributed by atoms with Crippen molar-refractivity contribution in [1.82, 2.24) is 8.43 Å². The monoisotopic (exact) mass is 878 g/mol. The highest BCUT2D eigenvalue weighted by atomic mass is 32.3. The molecule has 15 nitrogen and oxygen atoms in total. The fourth-order valence-electron chi connectivity index (χ4n) is 5.85. The minimum atomic E-state index is -4.44. The number of nitrogens with zero attached hydrogens (tertiary/aromatic N) is 3. The number of anilines is 2. The molecule has 1 N–H and O–H groups in total. The van der Waals surface area contributed by atoms with Crippen LogP contribution < -0.4 is 14.5 Å². The zero-order valence-electron chi connectivity index (χ0n) is 31.2. The number of sulfonamides is 3. The number of aryl methyl sites for hydroxylation is 2. The average Bonchev–Trinajstić information content (AvgIpc) is 3.70. The van der Waals surface area contributed by atoms with Gasteiger partial charge in [-0.25, -0.2) is 30.0 Å². The zero-order valence-corrected chi connectivity index (χ0v) is 34.5. The highest BCUT2D eigenvalue weighted by Crippen LogP contribution is 2.30. The Bertz CT molecular complexity index is 2530. The minimum absolute atomic E-state index is 0. The Morgan fingerprint density at radius 3 is 1.38 bits per heavy atom. The van der Waals surface area contributed by atoms with Gasteiger partial charge in [0.2, 0.25) is 15.9 Å². The Morgan fingerprint density at radius 1 is 0.586 bits per heavy atom. The molecule has 2 saturated heterocycles. The number of amides is 2. The molecule has 0 aliphatic carbocycles. The van der Waals surface area contributed by atoms with Crippen molar-refractivity contribution < 1.29 is 47.4 Å². The molecule has 58 heavy (non-hydrogen) atoms. The molecule has 2 aliphatic heterocycles. The van der Waals surface area contributed by atoms with E-state index in [0.717, 1.165) is 30.3 Å². The molecule has 0 aromatic heterocycles. The third-order valence-corrected chi connectivity index (χ3v) is 16.4. The van der Waals surface area contributed by atoms with E-state index in [1.807, 2.05) is 13.8 Å². The van der Waals surface area contributed by atoms with Gasteiger partial charge in [-0.1, -0.05) is 60.9 Å². The lowest BCUT2D eigenvalue weighted by molar-refractivity contribution is -0.122. The molecule has 4 aromatic carbocycles. The number of hydrogen-bond acceptors (Lipinski definition) is 11. The standard InChI is InChI=1S/C25H26N2O8S3.C12H16N2O3S.2CH4/c1-18-4-10-21(11-5-18)36(29,30)26(3)37(31,32)22-14-8-20(9-15-22)27-17-16-24(25(27)28)35-38(33,34)23-12-6-19(2)7-13-23;1-9-7-8-14(12(9)15)10-3-5-11(6-4-10)18(16,17)13-2;;/h4-15,24H,16-17H2,1-3H3;3-6,9,13H,7-8H2,1-2H3;2*1H4/t24-;;;/m1.../s1. The van der Waals surface area contributed by atoms with Crippen LogP contribution in [0.1, 0.15) is 45.7 Å². The number of carbonyl (C=O) groups excluding carboxylic acids is 2. The summed E-state index contributed by atoms with van der Waals surface area (Å²) in [5, 5.41) is 0. The Morgan fingerprint density at radius 2 is 0.966 bits per heavy atom. The Kier molecular flexibility index (Phi) is 15.4. The Labute approximate surface area is 342 Å². The van der Waals surface area contributed by atoms with Crippen LogP contribution in [0.5, 0.6) is 0 Å². The predicted octanol–water partition coefficient (Wildman–Crippen LogP) is 5.06. The van der Waals surface area contributed by atoms with Gasteiger partial charge in [0.25, 0.3) is 36.1 Å². The van der Waals surface area contributed by atoms with Gasteiger partial charge in [-0.15, -0.1) is 0 Å². The molecule has 0 saturated carbocycles. The second-order valence-corrected chi connectivity index (χ2v) is 20.8. The summed E-state index contributed by atoms with van der Waals surface area (Å²) in [5.74, 6) is -0.444. The van der Waals surface area contributed by atoms with E-state index in [1.165, 1.54) is 72.6 Å². The molecular formula is C39H50N4O11S4. The average molecular weight is 879 g/mol. The summed E-state index contributed by atoms with van der Waals surface area (Å²) in [6, 6.07) is 23.3. The van der Waals surface area contributed by atoms with Crippen LogP contribution in [0.3, 0.4) is 0 Å². The highest BCUT2D eigenvalue weighted by molar-refractivity contribution is 8.04. The van der Waals surface area contributed by atoms with Crippen molar-refractivity contribution in [3.63, 3.8) is 0 Å². The summed E-state index contributed by atoms with van der Waals surface area (Å²) in [6.07, 6.45) is -0.271. The molecule has 19 heteroatoms. The molecule has 316 valence electrons. The molecule has 6 rings (SSSR count). The van der Waals surface area contributed by atoms with Gasteiger partial charge in [0.15, 0.2) is 6.10 Å². The van der Waals surface area contributed by atoms with E-state index in [0.29, 0.717) is 15.9 Å². The Hall–Kier alpha value is -4.50. The lowest BCUT2D eigenvalue weighted by Gasteiger charge is -2.19. The first-order valence-corrected chi connectivity index (χ1v) is 23.0. The van der Waals surface area contributed by atoms with Crippen LogP contribution in [0.15, 0.2) is 117 Å². The quantitative estimate of drug-likeness (QED) is 0.197. The second-order valence-electron chi connectivity index (χ2n) is 13.2. The van der Waals surface area contributed by atoms with Crippen LogP contribution in [0, 0.1) is 19.8 Å². The Balaban J connectivity index is 0.000000379. The van der Waals surface area contributed by atoms with E-state index in [9.17, 15) is 43.3 Å². The van der Waals surface area contributed by atoms with Crippen LogP contribution in [-0.4, -0.2) is 82.5 Å². The summed E-state index contributed by atoms with van der Waals surface area (Å²) in [4.78, 5) is 27.4. The fourth-order valence-corrected chi connectivity index (χ4v) is 10.7. The smallest absolute Gasteiger partial charge is 0.297 e. The van der Waals surface area contributed by atoms with Gasteiger partial charge < -0.3 is 9.80 Å². The first kappa shape index (κ1) is 47.9. The molecular weight excluding hydrogens is 829 g/mol. The summed E-state index contributed by atoms with van der Waals surface area (Å²) >= 11 is 0. The zero-order chi connectivity index (χ0) is 41.2. The van der Waals surface area contributed by atoms with Crippen molar-refractivity contribution in [2.75, 3.05) is 37.0 Å². The van der Waals surface area contributed by atoms with Gasteiger partial charge in [-0.3, -0.25) is 13.8 Å². The number of carbonyl (C=O) groups is 2. The summed E-state index contributed by atoms with van der Waals surface area (Å²) < 4.78 is 108. The maximum atomic E-state index is 13.1. The maximum absolute atomic E-state index is 13.1. The summed E-state index contributed by atoms with van der Waals surface area (Å²) in [7, 11) is -14.0. The molecule has 0 spiro atoms. The lowest BCUT2D eigenvalue weighted by Crippen LogP contribution is -2.33. The van der Waals surface area contributed by atoms with Crippen molar-refractivity contribution in [3.8, 4) is 0 Å². The van der Waals surface area contributed by atoms with Crippen molar-refractivity contribution in [2.24, 2.45) is 5.92 Å². The van der Waals surface area contributed by atoms with Crippen LogP contribution in [0.25, 0.3) is 0 Å². The third kappa shape index (κ3) is 10.2. The molecule has 1 unspecified atom stereocenters. The molecule has 0 radical (unpaired) electrons. The maximum Gasteiger partial charge on any atom is 0.297 e. The van der Waals surface area contributed by atoms with Crippen LogP contribution in [0.4, 0.5) is 11.4 Å². The van der Waals surface area contributed by atoms with Crippen LogP contribution in [0.2, 0.25) is 0 Å². The fraction of sp³-hybridized carbons (Fsp3) is 0.333. The van der Waals surface area contributed by atoms with Crippen molar-refractivity contribution in [1.29, 1.82) is 0 Å². The third-order valence-electron chi connectivity index (χ3n) is 9.35. The second kappa shape index (κ2) is 18.6. The molecule has 2 amide bonds. The largest absolute Gasteiger partial charge is 0.312 e. The lowest BCUT2D eigenvalue weighted by atomic mass is 10.1. The van der Waals surface area contributed by atoms with Crippen LogP contribution in [-0.2, 0) is 54.0 Å². The van der Waals surface area contributed by atoms with Gasteiger partial charge in [0, 0.05) is 43.9 Å². The first-order chi connectivity index (χ1) is 26.2. The number of nitrogens with one attached hydrogen (secondary N) is 1. The van der Waals surface area contributed by atoms with E-state index < -0.39 is 52.2 Å². The summed E-state index contributed by atoms with van der Waals surface area (Å²) in [5.41, 5.74) is 2.76. The summed E-state index contributed by atoms with van der Waals surface area (Å²) in [6.45, 7) is 6.34. The molecule has 0 bridgehead atoms. The molecule has 2 aliphatic rings. The molecule has 2 atom stereocenters. The van der Waals surface area contributed by atoms with E-state index in [-0.39, 0.29) is 59.2 Å². The van der Waals surface area contributed by atoms with E-state index >= 15 is 0 Å². The van der Waals surface area contributed by atoms with Gasteiger partial charge in [0.05, 0.1) is 19.6 Å². The molecule has 4 aromatic rings. The van der Waals surface area contributed by atoms with Gasteiger partial charge >= 0.3 is 0 Å². The van der Waals surface area contributed by atoms with Crippen LogP contribution >= 0.6 is 0 Å². The number of rotatable bonds is 11. The first-order valence-electron chi connectivity index (χ1n) is 17.3. The predicted molar refractivity (Wildman–Crippen MR) is 222 cm³/mol. The minimum Gasteiger partial charge on any atom is -0.312 e. The SMILES string of the molecule is C.C.CNS(=O)(=O)c1ccc(N2CCC(C)C2=O)cc1.Cc1ccc(S(=O)(=O)O[C@@H]2CCN(c3ccc(S(=O)(=O)N(C)S(=O)(=O)c4ccc(C)cc4)cc3)C2=O)cc1. The number of benzene rings is 4. The topological polar surface area (TPSA) is 202 Å². The number of hydrogen-bond donors (Lipinski definition) is 1. The molecule has 2 fully saturated rings. The van der Waals surface area contributed by atoms with E-state index in [4.69, 9.17) is 4.18 Å². The van der Waals surface area contributed by atoms with Crippen molar-refractivity contribution >= 4 is 63.4 Å². The highest BCUT2D eigenvalue weighted by Gasteiger charge is 2.38. The van der Waals surface area contributed by atoms with Crippen molar-refractivity contribution in [2.45, 2.75) is 74.2 Å². The van der Waals surface area contributed by atoms with Crippen molar-refractivity contribution in [3.05, 3.63) is 108 Å². The van der Waals surface area contributed by atoms with E-state index in [1.54, 1.807) is 48.2 Å². The van der Waals surface area contributed by atoms with Gasteiger partial charge in [-0.2, -0.15) is 8.42 Å².